The van der Waals surface area contributed by atoms with E-state index >= 15 is 0 Å². The maximum Gasteiger partial charge on any atom is 0.150 e. The van der Waals surface area contributed by atoms with Gasteiger partial charge in [-0.3, -0.25) is 0 Å². The standard InChI is InChI=1S/C12H20N4/c1-16(2)12-4-3-11(14-15-12)9-10-5-7-13-8-6-10/h3-4,10,13H,5-9H2,1-2H3. The summed E-state index contributed by atoms with van der Waals surface area (Å²) in [5, 5.41) is 11.9. The quantitative estimate of drug-likeness (QED) is 0.827. The molecule has 16 heavy (non-hydrogen) atoms. The molecule has 0 aliphatic carbocycles. The van der Waals surface area contributed by atoms with Crippen molar-refractivity contribution in [3.8, 4) is 0 Å². The van der Waals surface area contributed by atoms with E-state index in [-0.39, 0.29) is 0 Å². The summed E-state index contributed by atoms with van der Waals surface area (Å²) >= 11 is 0. The third-order valence-electron chi connectivity index (χ3n) is 3.12. The van der Waals surface area contributed by atoms with Crippen molar-refractivity contribution < 1.29 is 0 Å². The lowest BCUT2D eigenvalue weighted by molar-refractivity contribution is 0.369. The lowest BCUT2D eigenvalue weighted by Crippen LogP contribution is -2.28. The fourth-order valence-electron chi connectivity index (χ4n) is 2.08. The van der Waals surface area contributed by atoms with Crippen molar-refractivity contribution in [2.45, 2.75) is 19.3 Å². The highest BCUT2D eigenvalue weighted by molar-refractivity contribution is 5.34. The average Bonchev–Trinajstić information content (AvgIpc) is 2.31. The molecule has 4 nitrogen and oxygen atoms in total. The monoisotopic (exact) mass is 220 g/mol. The van der Waals surface area contributed by atoms with Crippen molar-refractivity contribution in [1.82, 2.24) is 15.5 Å². The van der Waals surface area contributed by atoms with Gasteiger partial charge in [-0.15, -0.1) is 5.10 Å². The van der Waals surface area contributed by atoms with E-state index in [0.717, 1.165) is 36.9 Å². The molecule has 1 aliphatic rings. The van der Waals surface area contributed by atoms with Gasteiger partial charge in [-0.25, -0.2) is 0 Å². The zero-order valence-corrected chi connectivity index (χ0v) is 10.1. The van der Waals surface area contributed by atoms with Crippen LogP contribution in [-0.2, 0) is 6.42 Å². The Morgan fingerprint density at radius 1 is 1.25 bits per heavy atom. The number of aromatic nitrogens is 2. The van der Waals surface area contributed by atoms with Gasteiger partial charge in [-0.05, 0) is 50.4 Å². The van der Waals surface area contributed by atoms with Crippen molar-refractivity contribution in [3.63, 3.8) is 0 Å². The van der Waals surface area contributed by atoms with E-state index in [4.69, 9.17) is 0 Å². The molecule has 0 amide bonds. The second-order valence-electron chi connectivity index (χ2n) is 4.67. The van der Waals surface area contributed by atoms with Crippen LogP contribution in [0.3, 0.4) is 0 Å². The lowest BCUT2D eigenvalue weighted by atomic mass is 9.93. The number of piperidine rings is 1. The van der Waals surface area contributed by atoms with Crippen LogP contribution in [0.25, 0.3) is 0 Å². The Kier molecular flexibility index (Phi) is 3.72. The van der Waals surface area contributed by atoms with Crippen molar-refractivity contribution in [2.24, 2.45) is 5.92 Å². The molecule has 0 bridgehead atoms. The normalized spacial score (nSPS) is 17.4. The van der Waals surface area contributed by atoms with Gasteiger partial charge < -0.3 is 10.2 Å². The molecule has 1 aromatic rings. The maximum atomic E-state index is 4.28. The number of hydrogen-bond acceptors (Lipinski definition) is 4. The number of nitrogens with one attached hydrogen (secondary N) is 1. The van der Waals surface area contributed by atoms with Crippen LogP contribution in [0.2, 0.25) is 0 Å². The van der Waals surface area contributed by atoms with E-state index in [0.29, 0.717) is 0 Å². The van der Waals surface area contributed by atoms with Crippen LogP contribution < -0.4 is 10.2 Å². The van der Waals surface area contributed by atoms with E-state index in [1.165, 1.54) is 12.8 Å². The third-order valence-corrected chi connectivity index (χ3v) is 3.12. The lowest BCUT2D eigenvalue weighted by Gasteiger charge is -2.22. The minimum atomic E-state index is 0.778. The maximum absolute atomic E-state index is 4.28. The molecule has 0 radical (unpaired) electrons. The molecule has 1 fully saturated rings. The molecule has 2 heterocycles. The van der Waals surface area contributed by atoms with Crippen LogP contribution in [0.15, 0.2) is 12.1 Å². The van der Waals surface area contributed by atoms with Crippen molar-refractivity contribution in [3.05, 3.63) is 17.8 Å². The minimum absolute atomic E-state index is 0.778. The smallest absolute Gasteiger partial charge is 0.150 e. The van der Waals surface area contributed by atoms with Gasteiger partial charge in [-0.2, -0.15) is 5.10 Å². The Bertz CT molecular complexity index is 314. The van der Waals surface area contributed by atoms with Crippen LogP contribution in [0.1, 0.15) is 18.5 Å². The van der Waals surface area contributed by atoms with Crippen LogP contribution in [0.4, 0.5) is 5.82 Å². The molecule has 88 valence electrons. The predicted molar refractivity (Wildman–Crippen MR) is 65.7 cm³/mol. The first-order chi connectivity index (χ1) is 7.75. The summed E-state index contributed by atoms with van der Waals surface area (Å²) in [4.78, 5) is 1.97. The number of nitrogens with zero attached hydrogens (tertiary/aromatic N) is 3. The van der Waals surface area contributed by atoms with Crippen LogP contribution >= 0.6 is 0 Å². The zero-order chi connectivity index (χ0) is 11.4. The first kappa shape index (κ1) is 11.3. The summed E-state index contributed by atoms with van der Waals surface area (Å²) in [5.74, 6) is 1.70. The predicted octanol–water partition coefficient (Wildman–Crippen LogP) is 1.08. The van der Waals surface area contributed by atoms with Crippen LogP contribution in [0, 0.1) is 5.92 Å². The first-order valence-corrected chi connectivity index (χ1v) is 5.96. The van der Waals surface area contributed by atoms with Gasteiger partial charge in [0, 0.05) is 14.1 Å². The van der Waals surface area contributed by atoms with E-state index in [2.05, 4.69) is 21.6 Å². The zero-order valence-electron chi connectivity index (χ0n) is 10.1. The molecule has 0 unspecified atom stereocenters. The Morgan fingerprint density at radius 2 is 2.00 bits per heavy atom. The Hall–Kier alpha value is -1.16. The summed E-state index contributed by atoms with van der Waals surface area (Å²) in [5.41, 5.74) is 1.12. The summed E-state index contributed by atoms with van der Waals surface area (Å²) in [6.45, 7) is 2.29. The van der Waals surface area contributed by atoms with Gasteiger partial charge in [0.15, 0.2) is 5.82 Å². The largest absolute Gasteiger partial charge is 0.361 e. The highest BCUT2D eigenvalue weighted by Crippen LogP contribution is 2.17. The molecule has 0 spiro atoms. The number of hydrogen-bond donors (Lipinski definition) is 1. The molecule has 4 heteroatoms. The van der Waals surface area contributed by atoms with Crippen molar-refractivity contribution in [1.29, 1.82) is 0 Å². The fourth-order valence-corrected chi connectivity index (χ4v) is 2.08. The molecule has 0 atom stereocenters. The fraction of sp³-hybridized carbons (Fsp3) is 0.667. The van der Waals surface area contributed by atoms with Crippen LogP contribution in [0.5, 0.6) is 0 Å². The molecule has 1 aliphatic heterocycles. The average molecular weight is 220 g/mol. The first-order valence-electron chi connectivity index (χ1n) is 5.96. The molecule has 0 aromatic carbocycles. The summed E-state index contributed by atoms with van der Waals surface area (Å²) in [7, 11) is 3.97. The second kappa shape index (κ2) is 5.25. The van der Waals surface area contributed by atoms with E-state index in [1.807, 2.05) is 25.1 Å². The molecule has 1 saturated heterocycles. The van der Waals surface area contributed by atoms with Gasteiger partial charge in [0.25, 0.3) is 0 Å². The van der Waals surface area contributed by atoms with Gasteiger partial charge >= 0.3 is 0 Å². The van der Waals surface area contributed by atoms with Gasteiger partial charge in [0.2, 0.25) is 0 Å². The van der Waals surface area contributed by atoms with E-state index in [9.17, 15) is 0 Å². The topological polar surface area (TPSA) is 41.0 Å². The van der Waals surface area contributed by atoms with Crippen molar-refractivity contribution >= 4 is 5.82 Å². The molecule has 1 N–H and O–H groups in total. The Balaban J connectivity index is 1.93. The van der Waals surface area contributed by atoms with Crippen molar-refractivity contribution in [2.75, 3.05) is 32.1 Å². The Morgan fingerprint density at radius 3 is 2.56 bits per heavy atom. The van der Waals surface area contributed by atoms with E-state index in [1.54, 1.807) is 0 Å². The second-order valence-corrected chi connectivity index (χ2v) is 4.67. The molecular formula is C12H20N4. The summed E-state index contributed by atoms with van der Waals surface area (Å²) in [6, 6.07) is 4.15. The third kappa shape index (κ3) is 2.92. The van der Waals surface area contributed by atoms with Gasteiger partial charge in [-0.1, -0.05) is 0 Å². The van der Waals surface area contributed by atoms with Gasteiger partial charge in [0.05, 0.1) is 5.69 Å². The number of anilines is 1. The SMILES string of the molecule is CN(C)c1ccc(CC2CCNCC2)nn1. The molecule has 2 rings (SSSR count). The minimum Gasteiger partial charge on any atom is -0.361 e. The highest BCUT2D eigenvalue weighted by atomic mass is 15.2. The molecule has 0 saturated carbocycles. The highest BCUT2D eigenvalue weighted by Gasteiger charge is 2.14. The molecule has 1 aromatic heterocycles. The summed E-state index contributed by atoms with van der Waals surface area (Å²) < 4.78 is 0. The molecular weight excluding hydrogens is 200 g/mol. The number of rotatable bonds is 3. The van der Waals surface area contributed by atoms with Gasteiger partial charge in [0.1, 0.15) is 0 Å². The van der Waals surface area contributed by atoms with E-state index < -0.39 is 0 Å². The Labute approximate surface area is 97.1 Å². The van der Waals surface area contributed by atoms with Crippen LogP contribution in [-0.4, -0.2) is 37.4 Å². The summed E-state index contributed by atoms with van der Waals surface area (Å²) in [6.07, 6.45) is 3.59.